The first-order valence-corrected chi connectivity index (χ1v) is 8.22. The van der Waals surface area contributed by atoms with Crippen molar-refractivity contribution < 1.29 is 0 Å². The molecule has 20 heavy (non-hydrogen) atoms. The van der Waals surface area contributed by atoms with E-state index in [1.54, 1.807) is 0 Å². The van der Waals surface area contributed by atoms with Crippen molar-refractivity contribution in [3.63, 3.8) is 0 Å². The van der Waals surface area contributed by atoms with Crippen molar-refractivity contribution >= 4 is 5.96 Å². The second-order valence-corrected chi connectivity index (χ2v) is 6.60. The third kappa shape index (κ3) is 6.60. The predicted octanol–water partition coefficient (Wildman–Crippen LogP) is 2.32. The van der Waals surface area contributed by atoms with Gasteiger partial charge in [-0.25, -0.2) is 0 Å². The van der Waals surface area contributed by atoms with Crippen LogP contribution in [-0.4, -0.2) is 50.1 Å². The van der Waals surface area contributed by atoms with Gasteiger partial charge in [-0.2, -0.15) is 0 Å². The van der Waals surface area contributed by atoms with Gasteiger partial charge in [-0.15, -0.1) is 0 Å². The highest BCUT2D eigenvalue weighted by molar-refractivity contribution is 5.79. The number of rotatable bonds is 6. The van der Waals surface area contributed by atoms with E-state index < -0.39 is 0 Å². The maximum absolute atomic E-state index is 4.31. The molecule has 0 aromatic carbocycles. The summed E-state index contributed by atoms with van der Waals surface area (Å²) >= 11 is 0. The van der Waals surface area contributed by atoms with Gasteiger partial charge in [-0.1, -0.05) is 27.2 Å². The van der Waals surface area contributed by atoms with Crippen molar-refractivity contribution in [2.24, 2.45) is 16.8 Å². The number of nitrogens with one attached hydrogen (secondary N) is 2. The summed E-state index contributed by atoms with van der Waals surface area (Å²) in [6.45, 7) is 13.7. The number of hydrogen-bond acceptors (Lipinski definition) is 2. The lowest BCUT2D eigenvalue weighted by Gasteiger charge is -2.29. The SMILES string of the molecule is CN=C(NCC(C)CN1CCCCC1)NC(C)C(C)C. The van der Waals surface area contributed by atoms with Gasteiger partial charge in [0.2, 0.25) is 0 Å². The van der Waals surface area contributed by atoms with Crippen LogP contribution in [0.5, 0.6) is 0 Å². The summed E-state index contributed by atoms with van der Waals surface area (Å²) in [7, 11) is 1.84. The Bertz CT molecular complexity index is 282. The van der Waals surface area contributed by atoms with Crippen LogP contribution >= 0.6 is 0 Å². The van der Waals surface area contributed by atoms with Crippen LogP contribution < -0.4 is 10.6 Å². The van der Waals surface area contributed by atoms with Crippen LogP contribution in [-0.2, 0) is 0 Å². The van der Waals surface area contributed by atoms with E-state index >= 15 is 0 Å². The van der Waals surface area contributed by atoms with Crippen LogP contribution in [0.2, 0.25) is 0 Å². The van der Waals surface area contributed by atoms with Crippen molar-refractivity contribution in [2.75, 3.05) is 33.2 Å². The predicted molar refractivity (Wildman–Crippen MR) is 88.3 cm³/mol. The van der Waals surface area contributed by atoms with Crippen LogP contribution in [0.3, 0.4) is 0 Å². The van der Waals surface area contributed by atoms with Crippen molar-refractivity contribution in [1.29, 1.82) is 0 Å². The molecule has 1 heterocycles. The molecule has 4 heteroatoms. The Labute approximate surface area is 125 Å². The standard InChI is InChI=1S/C16H34N4/c1-13(2)15(4)19-16(17-5)18-11-14(3)12-20-9-7-6-8-10-20/h13-15H,6-12H2,1-5H3,(H2,17,18,19). The molecule has 4 nitrogen and oxygen atoms in total. The molecule has 118 valence electrons. The lowest BCUT2D eigenvalue weighted by atomic mass is 10.1. The van der Waals surface area contributed by atoms with Crippen LogP contribution in [0.15, 0.2) is 4.99 Å². The largest absolute Gasteiger partial charge is 0.356 e. The molecule has 1 rings (SSSR count). The number of guanidine groups is 1. The molecule has 1 fully saturated rings. The lowest BCUT2D eigenvalue weighted by Crippen LogP contribution is -2.46. The molecule has 1 saturated heterocycles. The molecule has 0 aromatic rings. The topological polar surface area (TPSA) is 39.7 Å². The minimum absolute atomic E-state index is 0.443. The Morgan fingerprint density at radius 3 is 2.30 bits per heavy atom. The second-order valence-electron chi connectivity index (χ2n) is 6.60. The van der Waals surface area contributed by atoms with Gasteiger partial charge in [-0.05, 0) is 44.7 Å². The lowest BCUT2D eigenvalue weighted by molar-refractivity contribution is 0.201. The summed E-state index contributed by atoms with van der Waals surface area (Å²) in [6, 6.07) is 0.443. The zero-order valence-corrected chi connectivity index (χ0v) is 14.1. The summed E-state index contributed by atoms with van der Waals surface area (Å²) in [5.41, 5.74) is 0. The third-order valence-corrected chi connectivity index (χ3v) is 4.22. The van der Waals surface area contributed by atoms with Gasteiger partial charge >= 0.3 is 0 Å². The highest BCUT2D eigenvalue weighted by Gasteiger charge is 2.14. The molecule has 0 aliphatic carbocycles. The summed E-state index contributed by atoms with van der Waals surface area (Å²) in [5, 5.41) is 6.91. The van der Waals surface area contributed by atoms with E-state index in [2.05, 4.69) is 48.2 Å². The van der Waals surface area contributed by atoms with E-state index in [0.29, 0.717) is 17.9 Å². The van der Waals surface area contributed by atoms with E-state index in [1.165, 1.54) is 38.9 Å². The van der Waals surface area contributed by atoms with E-state index in [9.17, 15) is 0 Å². The third-order valence-electron chi connectivity index (χ3n) is 4.22. The Morgan fingerprint density at radius 2 is 1.75 bits per heavy atom. The molecule has 0 spiro atoms. The molecule has 0 saturated carbocycles. The second kappa shape index (κ2) is 9.22. The Kier molecular flexibility index (Phi) is 7.97. The van der Waals surface area contributed by atoms with Crippen LogP contribution in [0.25, 0.3) is 0 Å². The van der Waals surface area contributed by atoms with E-state index in [0.717, 1.165) is 12.5 Å². The highest BCUT2D eigenvalue weighted by Crippen LogP contribution is 2.10. The molecular formula is C16H34N4. The van der Waals surface area contributed by atoms with E-state index in [4.69, 9.17) is 0 Å². The highest BCUT2D eigenvalue weighted by atomic mass is 15.2. The number of hydrogen-bond donors (Lipinski definition) is 2. The van der Waals surface area contributed by atoms with Crippen molar-refractivity contribution in [3.05, 3.63) is 0 Å². The van der Waals surface area contributed by atoms with Crippen molar-refractivity contribution in [2.45, 2.75) is 53.0 Å². The van der Waals surface area contributed by atoms with Gasteiger partial charge in [0.25, 0.3) is 0 Å². The van der Waals surface area contributed by atoms with Gasteiger partial charge in [-0.3, -0.25) is 4.99 Å². The van der Waals surface area contributed by atoms with Crippen molar-refractivity contribution in [1.82, 2.24) is 15.5 Å². The first-order valence-electron chi connectivity index (χ1n) is 8.22. The molecule has 2 unspecified atom stereocenters. The molecule has 1 aliphatic heterocycles. The molecule has 0 aromatic heterocycles. The summed E-state index contributed by atoms with van der Waals surface area (Å²) in [6.07, 6.45) is 4.15. The molecule has 0 amide bonds. The van der Waals surface area contributed by atoms with Crippen LogP contribution in [0.4, 0.5) is 0 Å². The van der Waals surface area contributed by atoms with Gasteiger partial charge in [0.05, 0.1) is 0 Å². The first-order chi connectivity index (χ1) is 9.52. The number of aliphatic imine (C=N–C) groups is 1. The average Bonchev–Trinajstić information content (AvgIpc) is 2.44. The maximum atomic E-state index is 4.31. The van der Waals surface area contributed by atoms with Crippen molar-refractivity contribution in [3.8, 4) is 0 Å². The normalized spacial score (nSPS) is 20.8. The molecule has 1 aliphatic rings. The van der Waals surface area contributed by atoms with Gasteiger partial charge < -0.3 is 15.5 Å². The van der Waals surface area contributed by atoms with Crippen LogP contribution in [0, 0.1) is 11.8 Å². The molecular weight excluding hydrogens is 248 g/mol. The Hall–Kier alpha value is -0.770. The fourth-order valence-corrected chi connectivity index (χ4v) is 2.50. The van der Waals surface area contributed by atoms with E-state index in [1.807, 2.05) is 7.05 Å². The molecule has 2 N–H and O–H groups in total. The summed E-state index contributed by atoms with van der Waals surface area (Å²) in [4.78, 5) is 6.91. The number of likely N-dealkylation sites (tertiary alicyclic amines) is 1. The summed E-state index contributed by atoms with van der Waals surface area (Å²) in [5.74, 6) is 2.19. The number of piperidine rings is 1. The number of nitrogens with zero attached hydrogens (tertiary/aromatic N) is 2. The van der Waals surface area contributed by atoms with E-state index in [-0.39, 0.29) is 0 Å². The van der Waals surface area contributed by atoms with Gasteiger partial charge in [0.1, 0.15) is 0 Å². The molecule has 0 bridgehead atoms. The van der Waals surface area contributed by atoms with Crippen LogP contribution in [0.1, 0.15) is 47.0 Å². The zero-order chi connectivity index (χ0) is 15.0. The monoisotopic (exact) mass is 282 g/mol. The minimum Gasteiger partial charge on any atom is -0.356 e. The quantitative estimate of drug-likeness (QED) is 0.580. The first kappa shape index (κ1) is 17.3. The smallest absolute Gasteiger partial charge is 0.191 e. The fraction of sp³-hybridized carbons (Fsp3) is 0.938. The zero-order valence-electron chi connectivity index (χ0n) is 14.1. The van der Waals surface area contributed by atoms with Gasteiger partial charge in [0, 0.05) is 26.2 Å². The van der Waals surface area contributed by atoms with Gasteiger partial charge in [0.15, 0.2) is 5.96 Å². The Morgan fingerprint density at radius 1 is 1.10 bits per heavy atom. The summed E-state index contributed by atoms with van der Waals surface area (Å²) < 4.78 is 0. The maximum Gasteiger partial charge on any atom is 0.191 e. The minimum atomic E-state index is 0.443. The fourth-order valence-electron chi connectivity index (χ4n) is 2.50. The Balaban J connectivity index is 2.25. The average molecular weight is 282 g/mol. The molecule has 2 atom stereocenters. The molecule has 0 radical (unpaired) electrons.